The molecule has 1 N–H and O–H groups in total. The SMILES string of the molecule is O=C(NCCn1cncn1)[C@@H]1CCN(c2ccc(C(F)(F)F)cn2)C1. The zero-order chi connectivity index (χ0) is 17.9. The molecule has 0 unspecified atom stereocenters. The van der Waals surface area contributed by atoms with Gasteiger partial charge >= 0.3 is 6.18 Å². The van der Waals surface area contributed by atoms with Gasteiger partial charge in [0.05, 0.1) is 18.0 Å². The van der Waals surface area contributed by atoms with Crippen molar-refractivity contribution < 1.29 is 18.0 Å². The summed E-state index contributed by atoms with van der Waals surface area (Å²) in [6.45, 7) is 1.99. The summed E-state index contributed by atoms with van der Waals surface area (Å²) in [5.41, 5.74) is -0.780. The van der Waals surface area contributed by atoms with Crippen LogP contribution in [0.3, 0.4) is 0 Å². The van der Waals surface area contributed by atoms with E-state index in [1.165, 1.54) is 12.4 Å². The van der Waals surface area contributed by atoms with Crippen LogP contribution in [0.2, 0.25) is 0 Å². The van der Waals surface area contributed by atoms with E-state index in [1.807, 2.05) is 4.90 Å². The maximum absolute atomic E-state index is 12.6. The second-order valence-corrected chi connectivity index (χ2v) is 5.78. The molecule has 1 aliphatic heterocycles. The van der Waals surface area contributed by atoms with Crippen LogP contribution < -0.4 is 10.2 Å². The van der Waals surface area contributed by atoms with Gasteiger partial charge in [-0.2, -0.15) is 18.3 Å². The summed E-state index contributed by atoms with van der Waals surface area (Å²) < 4.78 is 39.3. The van der Waals surface area contributed by atoms with Crippen molar-refractivity contribution in [3.63, 3.8) is 0 Å². The maximum Gasteiger partial charge on any atom is 0.417 e. The lowest BCUT2D eigenvalue weighted by Gasteiger charge is -2.18. The van der Waals surface area contributed by atoms with Gasteiger partial charge in [-0.1, -0.05) is 0 Å². The molecule has 1 atom stereocenters. The van der Waals surface area contributed by atoms with Gasteiger partial charge in [-0.25, -0.2) is 9.97 Å². The largest absolute Gasteiger partial charge is 0.417 e. The average molecular weight is 354 g/mol. The monoisotopic (exact) mass is 354 g/mol. The summed E-state index contributed by atoms with van der Waals surface area (Å²) in [5.74, 6) is 0.167. The fourth-order valence-electron chi connectivity index (χ4n) is 2.71. The Morgan fingerprint density at radius 1 is 1.36 bits per heavy atom. The van der Waals surface area contributed by atoms with E-state index in [0.29, 0.717) is 38.4 Å². The van der Waals surface area contributed by atoms with Crippen molar-refractivity contribution in [1.82, 2.24) is 25.1 Å². The van der Waals surface area contributed by atoms with Crippen LogP contribution in [-0.2, 0) is 17.5 Å². The first kappa shape index (κ1) is 17.2. The third-order valence-electron chi connectivity index (χ3n) is 4.06. The molecule has 1 amide bonds. The maximum atomic E-state index is 12.6. The molecule has 0 aliphatic carbocycles. The number of aromatic nitrogens is 4. The molecule has 10 heteroatoms. The van der Waals surface area contributed by atoms with E-state index in [-0.39, 0.29) is 11.8 Å². The molecule has 134 valence electrons. The van der Waals surface area contributed by atoms with Crippen LogP contribution in [0.4, 0.5) is 19.0 Å². The van der Waals surface area contributed by atoms with E-state index in [2.05, 4.69) is 20.4 Å². The van der Waals surface area contributed by atoms with Gasteiger partial charge in [-0.15, -0.1) is 0 Å². The van der Waals surface area contributed by atoms with Crippen molar-refractivity contribution in [2.24, 2.45) is 5.92 Å². The molecule has 2 aromatic heterocycles. The summed E-state index contributed by atoms with van der Waals surface area (Å²) in [5, 5.41) is 6.78. The van der Waals surface area contributed by atoms with E-state index in [0.717, 1.165) is 12.3 Å². The zero-order valence-electron chi connectivity index (χ0n) is 13.3. The molecule has 0 radical (unpaired) electrons. The second-order valence-electron chi connectivity index (χ2n) is 5.78. The Kier molecular flexibility index (Phi) is 4.86. The predicted octanol–water partition coefficient (Wildman–Crippen LogP) is 1.33. The molecule has 0 spiro atoms. The molecule has 0 bridgehead atoms. The number of hydrogen-bond acceptors (Lipinski definition) is 5. The Morgan fingerprint density at radius 2 is 2.20 bits per heavy atom. The lowest BCUT2D eigenvalue weighted by molar-refractivity contribution is -0.137. The zero-order valence-corrected chi connectivity index (χ0v) is 13.3. The van der Waals surface area contributed by atoms with Crippen LogP contribution in [0.25, 0.3) is 0 Å². The normalized spacial score (nSPS) is 17.7. The summed E-state index contributed by atoms with van der Waals surface area (Å²) >= 11 is 0. The molecule has 2 aromatic rings. The molecular weight excluding hydrogens is 337 g/mol. The van der Waals surface area contributed by atoms with Gasteiger partial charge < -0.3 is 10.2 Å². The van der Waals surface area contributed by atoms with E-state index in [4.69, 9.17) is 0 Å². The van der Waals surface area contributed by atoms with Crippen LogP contribution in [0.5, 0.6) is 0 Å². The number of carbonyl (C=O) groups excluding carboxylic acids is 1. The highest BCUT2D eigenvalue weighted by Crippen LogP contribution is 2.30. The molecule has 3 heterocycles. The number of nitrogens with zero attached hydrogens (tertiary/aromatic N) is 5. The quantitative estimate of drug-likeness (QED) is 0.877. The fraction of sp³-hybridized carbons (Fsp3) is 0.467. The number of halogens is 3. The Bertz CT molecular complexity index is 701. The van der Waals surface area contributed by atoms with Gasteiger partial charge in [0, 0.05) is 25.8 Å². The van der Waals surface area contributed by atoms with Crippen LogP contribution in [0.1, 0.15) is 12.0 Å². The van der Waals surface area contributed by atoms with Crippen molar-refractivity contribution in [2.75, 3.05) is 24.5 Å². The highest BCUT2D eigenvalue weighted by Gasteiger charge is 2.32. The summed E-state index contributed by atoms with van der Waals surface area (Å²) in [6, 6.07) is 2.35. The summed E-state index contributed by atoms with van der Waals surface area (Å²) in [7, 11) is 0. The number of alkyl halides is 3. The molecule has 1 aliphatic rings. The van der Waals surface area contributed by atoms with Crippen LogP contribution in [0.15, 0.2) is 31.0 Å². The van der Waals surface area contributed by atoms with Gasteiger partial charge in [0.1, 0.15) is 18.5 Å². The highest BCUT2D eigenvalue weighted by molar-refractivity contribution is 5.80. The van der Waals surface area contributed by atoms with Gasteiger partial charge in [-0.05, 0) is 18.6 Å². The predicted molar refractivity (Wildman–Crippen MR) is 82.6 cm³/mol. The highest BCUT2D eigenvalue weighted by atomic mass is 19.4. The van der Waals surface area contributed by atoms with E-state index >= 15 is 0 Å². The van der Waals surface area contributed by atoms with Gasteiger partial charge in [0.15, 0.2) is 0 Å². The molecular formula is C15H17F3N6O. The number of hydrogen-bond donors (Lipinski definition) is 1. The Hall–Kier alpha value is -2.65. The molecule has 3 rings (SSSR count). The minimum absolute atomic E-state index is 0.0745. The summed E-state index contributed by atoms with van der Waals surface area (Å²) in [4.78, 5) is 21.7. The molecule has 0 aromatic carbocycles. The lowest BCUT2D eigenvalue weighted by atomic mass is 10.1. The van der Waals surface area contributed by atoms with E-state index in [9.17, 15) is 18.0 Å². The number of nitrogens with one attached hydrogen (secondary N) is 1. The van der Waals surface area contributed by atoms with Crippen LogP contribution in [0, 0.1) is 5.92 Å². The standard InChI is InChI=1S/C15H17F3N6O/c16-15(17,18)12-1-2-13(21-7-12)23-5-3-11(8-23)14(25)20-4-6-24-10-19-9-22-24/h1-2,7,9-11H,3-6,8H2,(H,20,25)/t11-/m1/s1. The van der Waals surface area contributed by atoms with Crippen LogP contribution >= 0.6 is 0 Å². The minimum Gasteiger partial charge on any atom is -0.356 e. The first-order valence-corrected chi connectivity index (χ1v) is 7.82. The topological polar surface area (TPSA) is 75.9 Å². The molecule has 1 saturated heterocycles. The fourth-order valence-corrected chi connectivity index (χ4v) is 2.71. The van der Waals surface area contributed by atoms with Crippen molar-refractivity contribution in [2.45, 2.75) is 19.1 Å². The first-order chi connectivity index (χ1) is 11.9. The molecule has 25 heavy (non-hydrogen) atoms. The molecule has 0 saturated carbocycles. The third kappa shape index (κ3) is 4.25. The van der Waals surface area contributed by atoms with Gasteiger partial charge in [0.2, 0.25) is 5.91 Å². The van der Waals surface area contributed by atoms with Gasteiger partial charge in [-0.3, -0.25) is 9.48 Å². The van der Waals surface area contributed by atoms with Crippen molar-refractivity contribution in [3.05, 3.63) is 36.5 Å². The third-order valence-corrected chi connectivity index (χ3v) is 4.06. The first-order valence-electron chi connectivity index (χ1n) is 7.82. The van der Waals surface area contributed by atoms with Crippen molar-refractivity contribution in [3.8, 4) is 0 Å². The summed E-state index contributed by atoms with van der Waals surface area (Å²) in [6.07, 6.45) is 0.0508. The van der Waals surface area contributed by atoms with E-state index in [1.54, 1.807) is 11.0 Å². The number of carbonyl (C=O) groups is 1. The van der Waals surface area contributed by atoms with Gasteiger partial charge in [0.25, 0.3) is 0 Å². The molecule has 7 nitrogen and oxygen atoms in total. The Morgan fingerprint density at radius 3 is 2.84 bits per heavy atom. The van der Waals surface area contributed by atoms with Crippen LogP contribution in [-0.4, -0.2) is 45.3 Å². The molecule has 1 fully saturated rings. The Labute approximate surface area is 141 Å². The minimum atomic E-state index is -4.40. The van der Waals surface area contributed by atoms with E-state index < -0.39 is 11.7 Å². The second kappa shape index (κ2) is 7.08. The van der Waals surface area contributed by atoms with Crippen molar-refractivity contribution >= 4 is 11.7 Å². The number of pyridine rings is 1. The number of rotatable bonds is 5. The smallest absolute Gasteiger partial charge is 0.356 e. The Balaban J connectivity index is 1.50. The number of amides is 1. The lowest BCUT2D eigenvalue weighted by Crippen LogP contribution is -2.34. The number of anilines is 1. The average Bonchev–Trinajstić information content (AvgIpc) is 3.26. The van der Waals surface area contributed by atoms with Crippen molar-refractivity contribution in [1.29, 1.82) is 0 Å².